The van der Waals surface area contributed by atoms with E-state index in [4.69, 9.17) is 14.3 Å². The number of hydrogen-bond donors (Lipinski definition) is 1. The number of carboxylic acids is 1. The van der Waals surface area contributed by atoms with Crippen molar-refractivity contribution >= 4 is 27.1 Å². The van der Waals surface area contributed by atoms with Gasteiger partial charge in [0.1, 0.15) is 5.76 Å². The van der Waals surface area contributed by atoms with E-state index in [2.05, 4.69) is 14.8 Å². The Kier molecular flexibility index (Phi) is 6.47. The number of fused-ring (bicyclic) bond motifs is 1. The van der Waals surface area contributed by atoms with E-state index in [1.807, 2.05) is 38.5 Å². The van der Waals surface area contributed by atoms with Crippen molar-refractivity contribution in [3.05, 3.63) is 29.0 Å². The number of rotatable bonds is 4. The molecular formula is C19H27N3O5S2. The van der Waals surface area contributed by atoms with E-state index < -0.39 is 15.8 Å². The van der Waals surface area contributed by atoms with Gasteiger partial charge in [-0.2, -0.15) is 0 Å². The molecule has 2 aromatic rings. The molecule has 4 heterocycles. The molecule has 0 radical (unpaired) electrons. The van der Waals surface area contributed by atoms with Crippen molar-refractivity contribution in [2.24, 2.45) is 5.92 Å². The Balaban J connectivity index is 0.000000552. The molecule has 160 valence electrons. The van der Waals surface area contributed by atoms with Crippen molar-refractivity contribution in [3.8, 4) is 10.8 Å². The first-order valence-electron chi connectivity index (χ1n) is 9.38. The largest absolute Gasteiger partial charge is 0.481 e. The highest BCUT2D eigenvalue weighted by molar-refractivity contribution is 7.92. The molecule has 0 spiro atoms. The van der Waals surface area contributed by atoms with Crippen LogP contribution in [0.15, 0.2) is 21.9 Å². The van der Waals surface area contributed by atoms with E-state index >= 15 is 0 Å². The van der Waals surface area contributed by atoms with Crippen LogP contribution in [0.2, 0.25) is 0 Å². The number of nitrogens with zero attached hydrogens (tertiary/aromatic N) is 3. The summed E-state index contributed by atoms with van der Waals surface area (Å²) in [4.78, 5) is 18.9. The van der Waals surface area contributed by atoms with Crippen molar-refractivity contribution < 1.29 is 22.7 Å². The third-order valence-corrected chi connectivity index (χ3v) is 8.49. The number of aryl methyl sites for hydroxylation is 1. The Bertz CT molecular complexity index is 949. The molecule has 0 bridgehead atoms. The highest BCUT2D eigenvalue weighted by Gasteiger charge is 2.52. The van der Waals surface area contributed by atoms with Crippen LogP contribution in [0.3, 0.4) is 0 Å². The van der Waals surface area contributed by atoms with Crippen molar-refractivity contribution in [2.45, 2.75) is 31.7 Å². The zero-order valence-electron chi connectivity index (χ0n) is 17.0. The van der Waals surface area contributed by atoms with Gasteiger partial charge in [-0.3, -0.25) is 9.69 Å². The Labute approximate surface area is 175 Å². The number of aromatic nitrogens is 1. The number of oxazole rings is 1. The lowest BCUT2D eigenvalue weighted by Crippen LogP contribution is -2.37. The van der Waals surface area contributed by atoms with Gasteiger partial charge in [-0.15, -0.1) is 11.3 Å². The van der Waals surface area contributed by atoms with E-state index in [0.717, 1.165) is 29.8 Å². The minimum absolute atomic E-state index is 0.111. The van der Waals surface area contributed by atoms with Crippen LogP contribution in [0.25, 0.3) is 10.8 Å². The average Bonchev–Trinajstić information content (AvgIpc) is 3.35. The van der Waals surface area contributed by atoms with Gasteiger partial charge in [-0.1, -0.05) is 6.07 Å². The van der Waals surface area contributed by atoms with Crippen LogP contribution in [0, 0.1) is 12.8 Å². The molecule has 0 unspecified atom stereocenters. The summed E-state index contributed by atoms with van der Waals surface area (Å²) in [6.07, 6.45) is 0. The smallest absolute Gasteiger partial charge is 0.300 e. The van der Waals surface area contributed by atoms with Gasteiger partial charge in [0, 0.05) is 38.5 Å². The maximum atomic E-state index is 12.5. The number of hydrogen-bond acceptors (Lipinski definition) is 8. The Morgan fingerprint density at radius 1 is 1.41 bits per heavy atom. The van der Waals surface area contributed by atoms with Gasteiger partial charge in [0.05, 0.1) is 21.6 Å². The molecule has 0 amide bonds. The quantitative estimate of drug-likeness (QED) is 0.768. The molecule has 8 nitrogen and oxygen atoms in total. The fraction of sp³-hybridized carbons (Fsp3) is 0.579. The van der Waals surface area contributed by atoms with Crippen LogP contribution in [-0.2, 0) is 21.2 Å². The van der Waals surface area contributed by atoms with Gasteiger partial charge < -0.3 is 14.4 Å². The Morgan fingerprint density at radius 2 is 2.10 bits per heavy atom. The van der Waals surface area contributed by atoms with Gasteiger partial charge in [0.25, 0.3) is 5.97 Å². The van der Waals surface area contributed by atoms with E-state index in [1.54, 1.807) is 11.3 Å². The molecular weight excluding hydrogens is 414 g/mol. The van der Waals surface area contributed by atoms with Crippen LogP contribution in [0.4, 0.5) is 0 Å². The standard InChI is InChI=1S/C17H23N3O3S2.C2H4O2/c1-11-13(18-17(23-11)15-5-4-6-24-15)8-20-7-12-14(19(2)3)10-25(21,22)16(12)9-20;1-2(3)4/h4-6,12,14,16H,7-10H2,1-3H3;1H3,(H,3,4)/t12-,14+,16-;/m0./s1. The van der Waals surface area contributed by atoms with Crippen LogP contribution < -0.4 is 0 Å². The summed E-state index contributed by atoms with van der Waals surface area (Å²) in [5.74, 6) is 1.10. The molecule has 2 saturated heterocycles. The predicted octanol–water partition coefficient (Wildman–Crippen LogP) is 1.96. The monoisotopic (exact) mass is 441 g/mol. The minimum Gasteiger partial charge on any atom is -0.481 e. The highest BCUT2D eigenvalue weighted by atomic mass is 32.2. The van der Waals surface area contributed by atoms with Crippen molar-refractivity contribution in [1.82, 2.24) is 14.8 Å². The van der Waals surface area contributed by atoms with Gasteiger partial charge in [0.15, 0.2) is 9.84 Å². The molecule has 10 heteroatoms. The van der Waals surface area contributed by atoms with Crippen molar-refractivity contribution in [1.29, 1.82) is 0 Å². The molecule has 3 atom stereocenters. The fourth-order valence-electron chi connectivity index (χ4n) is 4.07. The molecule has 0 saturated carbocycles. The number of carbonyl (C=O) groups is 1. The predicted molar refractivity (Wildman–Crippen MR) is 112 cm³/mol. The summed E-state index contributed by atoms with van der Waals surface area (Å²) in [5.41, 5.74) is 0.905. The van der Waals surface area contributed by atoms with Crippen molar-refractivity contribution in [2.75, 3.05) is 32.9 Å². The summed E-state index contributed by atoms with van der Waals surface area (Å²) in [7, 11) is 0.936. The number of thiophene rings is 1. The molecule has 1 N–H and O–H groups in total. The van der Waals surface area contributed by atoms with Crippen molar-refractivity contribution in [3.63, 3.8) is 0 Å². The fourth-order valence-corrected chi connectivity index (χ4v) is 7.22. The molecule has 2 fully saturated rings. The Hall–Kier alpha value is -1.75. The first kappa shape index (κ1) is 21.9. The third kappa shape index (κ3) is 4.88. The first-order valence-corrected chi connectivity index (χ1v) is 12.0. The lowest BCUT2D eigenvalue weighted by Gasteiger charge is -2.24. The highest BCUT2D eigenvalue weighted by Crippen LogP contribution is 2.37. The zero-order valence-corrected chi connectivity index (χ0v) is 18.7. The first-order chi connectivity index (χ1) is 13.6. The molecule has 4 rings (SSSR count). The minimum atomic E-state index is -3.01. The van der Waals surface area contributed by atoms with E-state index in [1.165, 1.54) is 0 Å². The van der Waals surface area contributed by atoms with Crippen LogP contribution in [-0.4, -0.2) is 78.5 Å². The molecule has 2 aliphatic heterocycles. The molecule has 29 heavy (non-hydrogen) atoms. The lowest BCUT2D eigenvalue weighted by molar-refractivity contribution is -0.134. The number of likely N-dealkylation sites (tertiary alicyclic amines) is 1. The summed E-state index contributed by atoms with van der Waals surface area (Å²) in [6.45, 7) is 5.05. The van der Waals surface area contributed by atoms with E-state index in [0.29, 0.717) is 19.0 Å². The van der Waals surface area contributed by atoms with Crippen LogP contribution in [0.5, 0.6) is 0 Å². The molecule has 2 aromatic heterocycles. The lowest BCUT2D eigenvalue weighted by atomic mass is 10.00. The summed E-state index contributed by atoms with van der Waals surface area (Å²) in [6, 6.07) is 4.08. The number of aliphatic carboxylic acids is 1. The van der Waals surface area contributed by atoms with Crippen LogP contribution >= 0.6 is 11.3 Å². The molecule has 2 aliphatic rings. The van der Waals surface area contributed by atoms with Gasteiger partial charge in [-0.25, -0.2) is 13.4 Å². The van der Waals surface area contributed by atoms with Gasteiger partial charge >= 0.3 is 0 Å². The SMILES string of the molecule is CC(=O)O.Cc1oc(-c2cccs2)nc1CN1C[C@H]2[C@H](N(C)C)CS(=O)(=O)[C@H]2C1. The maximum Gasteiger partial charge on any atom is 0.300 e. The molecule has 0 aromatic carbocycles. The van der Waals surface area contributed by atoms with Crippen LogP contribution in [0.1, 0.15) is 18.4 Å². The third-order valence-electron chi connectivity index (χ3n) is 5.40. The second-order valence-corrected chi connectivity index (χ2v) is 11.0. The number of carboxylic acid groups (broad SMARTS) is 1. The number of sulfone groups is 1. The van der Waals surface area contributed by atoms with Gasteiger partial charge in [-0.05, 0) is 32.5 Å². The van der Waals surface area contributed by atoms with Gasteiger partial charge in [0.2, 0.25) is 5.89 Å². The summed E-state index contributed by atoms with van der Waals surface area (Å²) in [5, 5.41) is 9.17. The maximum absolute atomic E-state index is 12.5. The summed E-state index contributed by atoms with van der Waals surface area (Å²) < 4.78 is 30.8. The topological polar surface area (TPSA) is 104 Å². The normalized spacial score (nSPS) is 25.6. The average molecular weight is 442 g/mol. The Morgan fingerprint density at radius 3 is 2.69 bits per heavy atom. The second-order valence-electron chi connectivity index (χ2n) is 7.78. The van der Waals surface area contributed by atoms with E-state index in [-0.39, 0.29) is 23.0 Å². The second kappa shape index (κ2) is 8.55. The zero-order chi connectivity index (χ0) is 21.3. The summed E-state index contributed by atoms with van der Waals surface area (Å²) >= 11 is 1.60. The molecule has 0 aliphatic carbocycles. The van der Waals surface area contributed by atoms with E-state index in [9.17, 15) is 8.42 Å².